The second kappa shape index (κ2) is 7.62. The van der Waals surface area contributed by atoms with Crippen LogP contribution < -0.4 is 5.32 Å². The Bertz CT molecular complexity index is 1110. The average molecular weight is 498 g/mol. The Kier molecular flexibility index (Phi) is 5.27. The molecule has 1 aromatic carbocycles. The molecule has 0 unspecified atom stereocenters. The first-order chi connectivity index (χ1) is 14.2. The summed E-state index contributed by atoms with van der Waals surface area (Å²) < 4.78 is 44.1. The van der Waals surface area contributed by atoms with Crippen LogP contribution in [-0.4, -0.2) is 32.7 Å². The number of aromatic nitrogens is 4. The number of aryl methyl sites for hydroxylation is 1. The molecule has 6 nitrogen and oxygen atoms in total. The Hall–Kier alpha value is -2.53. The summed E-state index contributed by atoms with van der Waals surface area (Å²) in [6.07, 6.45) is -4.48. The quantitative estimate of drug-likeness (QED) is 0.556. The van der Waals surface area contributed by atoms with Crippen LogP contribution in [0, 0.1) is 0 Å². The summed E-state index contributed by atoms with van der Waals surface area (Å²) in [6, 6.07) is 9.36. The molecule has 3 heterocycles. The van der Waals surface area contributed by atoms with E-state index in [2.05, 4.69) is 41.9 Å². The smallest absolute Gasteiger partial charge is 0.334 e. The molecule has 0 spiro atoms. The van der Waals surface area contributed by atoms with Gasteiger partial charge in [-0.2, -0.15) is 13.2 Å². The number of hydrogen-bond acceptors (Lipinski definition) is 5. The standard InChI is InChI=1S/C19H15BrF3N5OS/c1-2-12-7-8-14(30-12)13-9-18(19(21,22)23,10-3-5-11(20)6-4-10)24-17(29)15(13)16-25-27-28-26-16/h3-8H,2,9H2,1H3,(H,24,29)(H,25,26,27,28)/t18-/m0/s1. The minimum absolute atomic E-state index is 0.0153. The predicted octanol–water partition coefficient (Wildman–Crippen LogP) is 4.47. The third-order valence-corrected chi connectivity index (χ3v) is 6.83. The molecule has 0 aliphatic carbocycles. The molecule has 11 heteroatoms. The number of nitrogens with one attached hydrogen (secondary N) is 2. The van der Waals surface area contributed by atoms with Crippen molar-refractivity contribution < 1.29 is 18.0 Å². The summed E-state index contributed by atoms with van der Waals surface area (Å²) in [4.78, 5) is 14.6. The highest BCUT2D eigenvalue weighted by Gasteiger charge is 2.59. The van der Waals surface area contributed by atoms with E-state index < -0.39 is 24.0 Å². The largest absolute Gasteiger partial charge is 0.416 e. The van der Waals surface area contributed by atoms with Crippen LogP contribution in [0.4, 0.5) is 13.2 Å². The van der Waals surface area contributed by atoms with Crippen LogP contribution in [0.1, 0.15) is 34.5 Å². The normalized spacial score (nSPS) is 19.8. The van der Waals surface area contributed by atoms with E-state index in [0.29, 0.717) is 9.35 Å². The van der Waals surface area contributed by atoms with E-state index in [1.54, 1.807) is 6.07 Å². The molecule has 0 radical (unpaired) electrons. The molecule has 3 aromatic rings. The fourth-order valence-corrected chi connectivity index (χ4v) is 4.75. The van der Waals surface area contributed by atoms with E-state index in [-0.39, 0.29) is 22.5 Å². The molecular weight excluding hydrogens is 483 g/mol. The van der Waals surface area contributed by atoms with Crippen molar-refractivity contribution in [3.8, 4) is 0 Å². The molecule has 1 aliphatic rings. The number of carbonyl (C=O) groups is 1. The number of aromatic amines is 1. The number of carbonyl (C=O) groups excluding carboxylic acids is 1. The Labute approximate surface area is 181 Å². The lowest BCUT2D eigenvalue weighted by molar-refractivity contribution is -0.201. The fourth-order valence-electron chi connectivity index (χ4n) is 3.49. The zero-order valence-corrected chi connectivity index (χ0v) is 18.0. The number of hydrogen-bond donors (Lipinski definition) is 2. The van der Waals surface area contributed by atoms with Gasteiger partial charge in [0.05, 0.1) is 5.57 Å². The Balaban J connectivity index is 1.95. The van der Waals surface area contributed by atoms with Gasteiger partial charge in [-0.05, 0) is 52.2 Å². The second-order valence-electron chi connectivity index (χ2n) is 6.76. The maximum atomic E-state index is 14.5. The van der Waals surface area contributed by atoms with Gasteiger partial charge in [-0.1, -0.05) is 35.0 Å². The zero-order valence-electron chi connectivity index (χ0n) is 15.5. The highest BCUT2D eigenvalue weighted by atomic mass is 79.9. The van der Waals surface area contributed by atoms with Crippen LogP contribution in [0.25, 0.3) is 11.1 Å². The van der Waals surface area contributed by atoms with E-state index >= 15 is 0 Å². The van der Waals surface area contributed by atoms with Gasteiger partial charge in [0.2, 0.25) is 0 Å². The Morgan fingerprint density at radius 2 is 1.93 bits per heavy atom. The van der Waals surface area contributed by atoms with Crippen molar-refractivity contribution >= 4 is 44.3 Å². The highest BCUT2D eigenvalue weighted by Crippen LogP contribution is 2.50. The van der Waals surface area contributed by atoms with Gasteiger partial charge in [-0.15, -0.1) is 16.4 Å². The van der Waals surface area contributed by atoms with Crippen molar-refractivity contribution in [3.05, 3.63) is 62.0 Å². The number of halogens is 4. The molecule has 156 valence electrons. The molecule has 1 amide bonds. The molecule has 2 N–H and O–H groups in total. The van der Waals surface area contributed by atoms with Crippen LogP contribution in [0.5, 0.6) is 0 Å². The molecule has 0 fully saturated rings. The van der Waals surface area contributed by atoms with Crippen LogP contribution in [0.3, 0.4) is 0 Å². The summed E-state index contributed by atoms with van der Waals surface area (Å²) in [7, 11) is 0. The SMILES string of the molecule is CCc1ccc(C2=C(c3nnn[nH]3)C(=O)N[C@@](c3ccc(Br)cc3)(C(F)(F)F)C2)s1. The number of nitrogens with zero attached hydrogens (tertiary/aromatic N) is 3. The maximum Gasteiger partial charge on any atom is 0.416 e. The van der Waals surface area contributed by atoms with Crippen LogP contribution in [-0.2, 0) is 16.8 Å². The monoisotopic (exact) mass is 497 g/mol. The van der Waals surface area contributed by atoms with Crippen molar-refractivity contribution in [1.29, 1.82) is 0 Å². The van der Waals surface area contributed by atoms with Gasteiger partial charge in [-0.25, -0.2) is 5.10 Å². The van der Waals surface area contributed by atoms with Crippen LogP contribution in [0.15, 0.2) is 40.9 Å². The lowest BCUT2D eigenvalue weighted by Gasteiger charge is -2.41. The molecule has 30 heavy (non-hydrogen) atoms. The summed E-state index contributed by atoms with van der Waals surface area (Å²) in [5.41, 5.74) is -2.36. The third kappa shape index (κ3) is 3.45. The molecule has 4 rings (SSSR count). The molecule has 2 aromatic heterocycles. The number of tetrazole rings is 1. The Morgan fingerprint density at radius 3 is 2.50 bits per heavy atom. The molecule has 0 saturated carbocycles. The first-order valence-corrected chi connectivity index (χ1v) is 10.6. The van der Waals surface area contributed by atoms with Crippen LogP contribution >= 0.6 is 27.3 Å². The van der Waals surface area contributed by atoms with E-state index in [0.717, 1.165) is 11.3 Å². The first kappa shape index (κ1) is 20.7. The minimum Gasteiger partial charge on any atom is -0.334 e. The predicted molar refractivity (Wildman–Crippen MR) is 109 cm³/mol. The number of benzene rings is 1. The molecular formula is C19H15BrF3N5OS. The maximum absolute atomic E-state index is 14.5. The van der Waals surface area contributed by atoms with Crippen molar-refractivity contribution in [2.45, 2.75) is 31.5 Å². The first-order valence-electron chi connectivity index (χ1n) is 8.97. The number of H-pyrrole nitrogens is 1. The van der Waals surface area contributed by atoms with Gasteiger partial charge in [0.25, 0.3) is 5.91 Å². The van der Waals surface area contributed by atoms with E-state index in [4.69, 9.17) is 0 Å². The van der Waals surface area contributed by atoms with Crippen molar-refractivity contribution in [3.63, 3.8) is 0 Å². The summed E-state index contributed by atoms with van der Waals surface area (Å²) in [6.45, 7) is 1.96. The van der Waals surface area contributed by atoms with Crippen molar-refractivity contribution in [2.75, 3.05) is 0 Å². The topological polar surface area (TPSA) is 83.6 Å². The Morgan fingerprint density at radius 1 is 1.20 bits per heavy atom. The van der Waals surface area contributed by atoms with Crippen LogP contribution in [0.2, 0.25) is 0 Å². The molecule has 0 bridgehead atoms. The zero-order chi connectivity index (χ0) is 21.5. The number of amides is 1. The highest BCUT2D eigenvalue weighted by molar-refractivity contribution is 9.10. The summed E-state index contributed by atoms with van der Waals surface area (Å²) >= 11 is 4.60. The van der Waals surface area contributed by atoms with Gasteiger partial charge in [0.15, 0.2) is 11.4 Å². The number of rotatable bonds is 4. The summed E-state index contributed by atoms with van der Waals surface area (Å²) in [5, 5.41) is 15.4. The lowest BCUT2D eigenvalue weighted by atomic mass is 9.78. The minimum atomic E-state index is -4.74. The van der Waals surface area contributed by atoms with E-state index in [1.807, 2.05) is 13.0 Å². The van der Waals surface area contributed by atoms with E-state index in [9.17, 15) is 18.0 Å². The van der Waals surface area contributed by atoms with Crippen molar-refractivity contribution in [1.82, 2.24) is 25.9 Å². The second-order valence-corrected chi connectivity index (χ2v) is 8.85. The van der Waals surface area contributed by atoms with Gasteiger partial charge >= 0.3 is 6.18 Å². The van der Waals surface area contributed by atoms with Gasteiger partial charge in [-0.3, -0.25) is 4.79 Å². The van der Waals surface area contributed by atoms with Crippen molar-refractivity contribution in [2.24, 2.45) is 0 Å². The van der Waals surface area contributed by atoms with Gasteiger partial charge < -0.3 is 5.32 Å². The number of alkyl halides is 3. The van der Waals surface area contributed by atoms with E-state index in [1.165, 1.54) is 35.6 Å². The van der Waals surface area contributed by atoms with Gasteiger partial charge in [0, 0.05) is 20.6 Å². The fraction of sp³-hybridized carbons (Fsp3) is 0.263. The number of thiophene rings is 1. The third-order valence-electron chi connectivity index (χ3n) is 5.01. The molecule has 1 atom stereocenters. The van der Waals surface area contributed by atoms with Gasteiger partial charge in [0.1, 0.15) is 0 Å². The summed E-state index contributed by atoms with van der Waals surface area (Å²) in [5.74, 6) is -0.859. The lowest BCUT2D eigenvalue weighted by Crippen LogP contribution is -2.58. The molecule has 1 aliphatic heterocycles. The molecule has 0 saturated heterocycles. The average Bonchev–Trinajstić information content (AvgIpc) is 3.39.